The highest BCUT2D eigenvalue weighted by molar-refractivity contribution is 7.90. The molecule has 0 aliphatic heterocycles. The van der Waals surface area contributed by atoms with Crippen LogP contribution >= 0.6 is 0 Å². The number of carbonyl (C=O) groups is 1. The predicted molar refractivity (Wildman–Crippen MR) is 73.4 cm³/mol. The summed E-state index contributed by atoms with van der Waals surface area (Å²) in [6.45, 7) is 0. The fourth-order valence-corrected chi connectivity index (χ4v) is 2.23. The van der Waals surface area contributed by atoms with Crippen molar-refractivity contribution in [3.8, 4) is 5.75 Å². The van der Waals surface area contributed by atoms with E-state index < -0.39 is 15.7 Å². The number of pyridine rings is 1. The van der Waals surface area contributed by atoms with Crippen LogP contribution in [0, 0.1) is 0 Å². The number of nitrogens with zero attached hydrogens (tertiary/aromatic N) is 1. The number of benzene rings is 1. The minimum atomic E-state index is -3.34. The molecule has 0 saturated heterocycles. The number of aromatic nitrogens is 1. The smallest absolute Gasteiger partial charge is 0.257 e. The van der Waals surface area contributed by atoms with Gasteiger partial charge in [0.15, 0.2) is 9.84 Å². The van der Waals surface area contributed by atoms with E-state index in [1.54, 1.807) is 6.07 Å². The number of carbonyl (C=O) groups excluding carboxylic acids is 1. The lowest BCUT2D eigenvalue weighted by molar-refractivity contribution is 0.102. The molecule has 1 aromatic heterocycles. The lowest BCUT2D eigenvalue weighted by atomic mass is 10.2. The topological polar surface area (TPSA) is 96.4 Å². The molecule has 2 aromatic rings. The highest BCUT2D eigenvalue weighted by Gasteiger charge is 2.10. The Hall–Kier alpha value is -2.41. The van der Waals surface area contributed by atoms with Gasteiger partial charge in [-0.1, -0.05) is 6.07 Å². The fraction of sp³-hybridized carbons (Fsp3) is 0.0769. The van der Waals surface area contributed by atoms with E-state index in [9.17, 15) is 18.3 Å². The van der Waals surface area contributed by atoms with Crippen LogP contribution in [-0.2, 0) is 9.84 Å². The number of hydrogen-bond acceptors (Lipinski definition) is 5. The monoisotopic (exact) mass is 292 g/mol. The maximum atomic E-state index is 11.9. The zero-order chi connectivity index (χ0) is 14.8. The van der Waals surface area contributed by atoms with Gasteiger partial charge in [0.25, 0.3) is 5.91 Å². The predicted octanol–water partition coefficient (Wildman–Crippen LogP) is 1.44. The van der Waals surface area contributed by atoms with Gasteiger partial charge in [0.2, 0.25) is 0 Å². The van der Waals surface area contributed by atoms with Gasteiger partial charge in [-0.2, -0.15) is 0 Å². The van der Waals surface area contributed by atoms with Crippen molar-refractivity contribution >= 4 is 21.4 Å². The molecule has 0 bridgehead atoms. The molecule has 1 amide bonds. The minimum absolute atomic E-state index is 0.115. The van der Waals surface area contributed by atoms with Crippen molar-refractivity contribution in [1.29, 1.82) is 0 Å². The summed E-state index contributed by atoms with van der Waals surface area (Å²) >= 11 is 0. The number of amides is 1. The SMILES string of the molecule is CS(=O)(=O)c1cccc(NC(=O)c2cncc(O)c2)c1. The molecule has 0 aliphatic rings. The summed E-state index contributed by atoms with van der Waals surface area (Å²) in [6, 6.07) is 7.18. The van der Waals surface area contributed by atoms with Crippen LogP contribution in [0.15, 0.2) is 47.6 Å². The van der Waals surface area contributed by atoms with Crippen molar-refractivity contribution < 1.29 is 18.3 Å². The second kappa shape index (κ2) is 5.30. The van der Waals surface area contributed by atoms with Crippen molar-refractivity contribution in [1.82, 2.24) is 4.98 Å². The van der Waals surface area contributed by atoms with E-state index in [1.165, 1.54) is 36.7 Å². The van der Waals surface area contributed by atoms with Crippen LogP contribution in [0.25, 0.3) is 0 Å². The van der Waals surface area contributed by atoms with Gasteiger partial charge in [-0.25, -0.2) is 8.42 Å². The Morgan fingerprint density at radius 1 is 1.25 bits per heavy atom. The van der Waals surface area contributed by atoms with Crippen LogP contribution in [0.5, 0.6) is 5.75 Å². The van der Waals surface area contributed by atoms with Gasteiger partial charge in [-0.3, -0.25) is 9.78 Å². The number of sulfone groups is 1. The van der Waals surface area contributed by atoms with E-state index in [0.717, 1.165) is 6.26 Å². The third-order valence-corrected chi connectivity index (χ3v) is 3.62. The Kier molecular flexibility index (Phi) is 3.71. The number of aromatic hydroxyl groups is 1. The molecule has 2 rings (SSSR count). The first-order valence-electron chi connectivity index (χ1n) is 5.62. The van der Waals surface area contributed by atoms with Gasteiger partial charge in [0.05, 0.1) is 16.7 Å². The van der Waals surface area contributed by atoms with E-state index in [1.807, 2.05) is 0 Å². The average Bonchev–Trinajstić information content (AvgIpc) is 2.38. The molecule has 1 heterocycles. The Bertz CT molecular complexity index is 756. The summed E-state index contributed by atoms with van der Waals surface area (Å²) in [5, 5.41) is 11.8. The molecule has 2 N–H and O–H groups in total. The molecule has 0 atom stereocenters. The molecule has 0 unspecified atom stereocenters. The highest BCUT2D eigenvalue weighted by atomic mass is 32.2. The average molecular weight is 292 g/mol. The van der Waals surface area contributed by atoms with Crippen molar-refractivity contribution in [3.05, 3.63) is 48.3 Å². The van der Waals surface area contributed by atoms with Crippen molar-refractivity contribution in [2.45, 2.75) is 4.90 Å². The zero-order valence-corrected chi connectivity index (χ0v) is 11.4. The summed E-state index contributed by atoms with van der Waals surface area (Å²) in [6.07, 6.45) is 3.60. The molecule has 104 valence electrons. The second-order valence-corrected chi connectivity index (χ2v) is 6.20. The van der Waals surface area contributed by atoms with E-state index in [-0.39, 0.29) is 16.2 Å². The molecule has 0 spiro atoms. The van der Waals surface area contributed by atoms with Gasteiger partial charge >= 0.3 is 0 Å². The summed E-state index contributed by atoms with van der Waals surface area (Å²) in [7, 11) is -3.34. The van der Waals surface area contributed by atoms with Crippen molar-refractivity contribution in [2.75, 3.05) is 11.6 Å². The van der Waals surface area contributed by atoms with Crippen LogP contribution < -0.4 is 5.32 Å². The molecule has 1 aromatic carbocycles. The highest BCUT2D eigenvalue weighted by Crippen LogP contribution is 2.17. The van der Waals surface area contributed by atoms with Gasteiger partial charge in [0.1, 0.15) is 5.75 Å². The summed E-state index contributed by atoms with van der Waals surface area (Å²) < 4.78 is 22.9. The number of nitrogens with one attached hydrogen (secondary N) is 1. The molecule has 0 aliphatic carbocycles. The van der Waals surface area contributed by atoms with Crippen LogP contribution in [0.1, 0.15) is 10.4 Å². The molecular formula is C13H12N2O4S. The molecule has 0 fully saturated rings. The maximum absolute atomic E-state index is 11.9. The Balaban J connectivity index is 2.25. The number of rotatable bonds is 3. The second-order valence-electron chi connectivity index (χ2n) is 4.19. The first-order chi connectivity index (χ1) is 9.36. The summed E-state index contributed by atoms with van der Waals surface area (Å²) in [4.78, 5) is 15.7. The van der Waals surface area contributed by atoms with E-state index in [4.69, 9.17) is 0 Å². The van der Waals surface area contributed by atoms with Gasteiger partial charge < -0.3 is 10.4 Å². The molecule has 7 heteroatoms. The molecule has 0 saturated carbocycles. The fourth-order valence-electron chi connectivity index (χ4n) is 1.56. The van der Waals surface area contributed by atoms with Gasteiger partial charge in [-0.05, 0) is 24.3 Å². The number of anilines is 1. The summed E-state index contributed by atoms with van der Waals surface area (Å²) in [5.74, 6) is -0.610. The Morgan fingerprint density at radius 3 is 2.65 bits per heavy atom. The molecule has 6 nitrogen and oxygen atoms in total. The van der Waals surface area contributed by atoms with Crippen LogP contribution in [0.4, 0.5) is 5.69 Å². The Morgan fingerprint density at radius 2 is 2.00 bits per heavy atom. The third-order valence-electron chi connectivity index (χ3n) is 2.51. The van der Waals surface area contributed by atoms with Crippen LogP contribution in [0.3, 0.4) is 0 Å². The van der Waals surface area contributed by atoms with Crippen molar-refractivity contribution in [2.24, 2.45) is 0 Å². The quantitative estimate of drug-likeness (QED) is 0.892. The summed E-state index contributed by atoms with van der Waals surface area (Å²) in [5.41, 5.74) is 0.524. The van der Waals surface area contributed by atoms with Crippen LogP contribution in [0.2, 0.25) is 0 Å². The molecular weight excluding hydrogens is 280 g/mol. The molecule has 20 heavy (non-hydrogen) atoms. The van der Waals surface area contributed by atoms with Gasteiger partial charge in [-0.15, -0.1) is 0 Å². The van der Waals surface area contributed by atoms with Crippen molar-refractivity contribution in [3.63, 3.8) is 0 Å². The number of hydrogen-bond donors (Lipinski definition) is 2. The standard InChI is InChI=1S/C13H12N2O4S/c1-20(18,19)12-4-2-3-10(6-12)15-13(17)9-5-11(16)8-14-7-9/h2-8,16H,1H3,(H,15,17). The largest absolute Gasteiger partial charge is 0.506 e. The van der Waals surface area contributed by atoms with Gasteiger partial charge in [0, 0.05) is 18.1 Å². The third kappa shape index (κ3) is 3.33. The maximum Gasteiger partial charge on any atom is 0.257 e. The minimum Gasteiger partial charge on any atom is -0.506 e. The van der Waals surface area contributed by atoms with E-state index >= 15 is 0 Å². The van der Waals surface area contributed by atoms with E-state index in [0.29, 0.717) is 5.69 Å². The lowest BCUT2D eigenvalue weighted by Gasteiger charge is -2.06. The molecule has 0 radical (unpaired) electrons. The first kappa shape index (κ1) is 14.0. The normalized spacial score (nSPS) is 11.1. The zero-order valence-electron chi connectivity index (χ0n) is 10.6. The lowest BCUT2D eigenvalue weighted by Crippen LogP contribution is -2.12. The van der Waals surface area contributed by atoms with E-state index in [2.05, 4.69) is 10.3 Å². The van der Waals surface area contributed by atoms with Crippen LogP contribution in [-0.4, -0.2) is 30.7 Å². The first-order valence-corrected chi connectivity index (χ1v) is 7.51. The Labute approximate surface area is 116 Å².